The maximum atomic E-state index is 15.2. The third-order valence-electron chi connectivity index (χ3n) is 5.98. The summed E-state index contributed by atoms with van der Waals surface area (Å²) in [5.41, 5.74) is 2.95. The Balaban J connectivity index is 1.22. The molecule has 0 aromatic heterocycles. The molecule has 0 radical (unpaired) electrons. The Labute approximate surface area is 156 Å². The molecular formula is C23H29FN2. The van der Waals surface area contributed by atoms with Crippen molar-refractivity contribution in [2.45, 2.75) is 50.4 Å². The molecule has 3 heteroatoms. The molecule has 1 aliphatic carbocycles. The van der Waals surface area contributed by atoms with E-state index in [1.165, 1.54) is 16.7 Å². The molecule has 1 saturated carbocycles. The van der Waals surface area contributed by atoms with E-state index in [-0.39, 0.29) is 0 Å². The van der Waals surface area contributed by atoms with Gasteiger partial charge in [0.05, 0.1) is 0 Å². The first-order valence-electron chi connectivity index (χ1n) is 9.86. The lowest BCUT2D eigenvalue weighted by Gasteiger charge is -2.36. The number of benzene rings is 2. The predicted octanol–water partition coefficient (Wildman–Crippen LogP) is 4.44. The van der Waals surface area contributed by atoms with Crippen LogP contribution in [0.2, 0.25) is 0 Å². The third-order valence-corrected chi connectivity index (χ3v) is 5.98. The molecule has 138 valence electrons. The highest BCUT2D eigenvalue weighted by molar-refractivity contribution is 5.30. The van der Waals surface area contributed by atoms with Gasteiger partial charge in [-0.1, -0.05) is 60.2 Å². The Bertz CT molecular complexity index is 705. The quantitative estimate of drug-likeness (QED) is 0.826. The van der Waals surface area contributed by atoms with Crippen molar-refractivity contribution in [3.05, 3.63) is 71.3 Å². The first-order valence-corrected chi connectivity index (χ1v) is 9.86. The fraction of sp³-hybridized carbons (Fsp3) is 0.478. The highest BCUT2D eigenvalue weighted by Crippen LogP contribution is 2.41. The van der Waals surface area contributed by atoms with Crippen molar-refractivity contribution >= 4 is 0 Å². The van der Waals surface area contributed by atoms with Crippen LogP contribution in [0.5, 0.6) is 0 Å². The summed E-state index contributed by atoms with van der Waals surface area (Å²) in [7, 11) is 0. The highest BCUT2D eigenvalue weighted by Gasteiger charge is 2.41. The Morgan fingerprint density at radius 2 is 1.73 bits per heavy atom. The number of nitrogens with zero attached hydrogens (tertiary/aromatic N) is 1. The van der Waals surface area contributed by atoms with Crippen LogP contribution in [0.4, 0.5) is 4.39 Å². The second-order valence-corrected chi connectivity index (χ2v) is 8.15. The van der Waals surface area contributed by atoms with Crippen molar-refractivity contribution in [2.24, 2.45) is 0 Å². The van der Waals surface area contributed by atoms with E-state index in [1.54, 1.807) is 0 Å². The summed E-state index contributed by atoms with van der Waals surface area (Å²) >= 11 is 0. The monoisotopic (exact) mass is 352 g/mol. The van der Waals surface area contributed by atoms with Gasteiger partial charge in [-0.2, -0.15) is 0 Å². The third kappa shape index (κ3) is 4.33. The first-order chi connectivity index (χ1) is 12.6. The summed E-state index contributed by atoms with van der Waals surface area (Å²) in [5.74, 6) is 0.567. The lowest BCUT2D eigenvalue weighted by Crippen LogP contribution is -2.47. The number of hydrogen-bond acceptors (Lipinski definition) is 2. The van der Waals surface area contributed by atoms with Crippen molar-refractivity contribution in [3.8, 4) is 0 Å². The molecule has 1 aliphatic heterocycles. The van der Waals surface area contributed by atoms with Gasteiger partial charge in [0.25, 0.3) is 0 Å². The van der Waals surface area contributed by atoms with Crippen LogP contribution in [0, 0.1) is 6.92 Å². The van der Waals surface area contributed by atoms with Crippen LogP contribution >= 0.6 is 0 Å². The van der Waals surface area contributed by atoms with Gasteiger partial charge in [0, 0.05) is 38.1 Å². The van der Waals surface area contributed by atoms with Crippen LogP contribution in [-0.4, -0.2) is 36.2 Å². The summed E-state index contributed by atoms with van der Waals surface area (Å²) in [6.45, 7) is 5.24. The van der Waals surface area contributed by atoms with Crippen LogP contribution in [-0.2, 0) is 6.54 Å². The van der Waals surface area contributed by atoms with E-state index in [2.05, 4.69) is 65.7 Å². The lowest BCUT2D eigenvalue weighted by molar-refractivity contribution is 0.0544. The Hall–Kier alpha value is -1.71. The Kier molecular flexibility index (Phi) is 5.10. The van der Waals surface area contributed by atoms with Gasteiger partial charge in [-0.15, -0.1) is 0 Å². The molecule has 2 aliphatic rings. The molecule has 2 fully saturated rings. The maximum absolute atomic E-state index is 15.2. The van der Waals surface area contributed by atoms with E-state index in [0.29, 0.717) is 31.3 Å². The molecule has 2 atom stereocenters. The highest BCUT2D eigenvalue weighted by atomic mass is 19.1. The van der Waals surface area contributed by atoms with Crippen LogP contribution in [0.3, 0.4) is 0 Å². The molecule has 1 N–H and O–H groups in total. The summed E-state index contributed by atoms with van der Waals surface area (Å²) < 4.78 is 15.2. The minimum absolute atomic E-state index is 0.452. The number of nitrogens with one attached hydrogen (secondary N) is 1. The zero-order chi connectivity index (χ0) is 18.0. The molecule has 2 nitrogen and oxygen atoms in total. The minimum atomic E-state index is -1.05. The lowest BCUT2D eigenvalue weighted by atomic mass is 9.93. The summed E-state index contributed by atoms with van der Waals surface area (Å²) in [4.78, 5) is 2.37. The molecule has 0 bridgehead atoms. The fourth-order valence-electron chi connectivity index (χ4n) is 4.05. The van der Waals surface area contributed by atoms with Crippen molar-refractivity contribution in [1.29, 1.82) is 0 Å². The van der Waals surface area contributed by atoms with Crippen LogP contribution in [0.1, 0.15) is 41.9 Å². The van der Waals surface area contributed by atoms with Crippen molar-refractivity contribution in [3.63, 3.8) is 0 Å². The molecule has 1 saturated heterocycles. The van der Waals surface area contributed by atoms with E-state index in [0.717, 1.165) is 26.1 Å². The number of piperidine rings is 1. The largest absolute Gasteiger partial charge is 0.310 e. The van der Waals surface area contributed by atoms with Crippen LogP contribution < -0.4 is 5.32 Å². The topological polar surface area (TPSA) is 15.3 Å². The van der Waals surface area contributed by atoms with E-state index >= 15 is 4.39 Å². The standard InChI is InChI=1S/C23H29FN2/c1-18-7-9-20(10-8-18)21-15-22(21)25-17-23(24)11-13-26(14-12-23)16-19-5-3-2-4-6-19/h2-10,21-22,25H,11-17H2,1H3. The normalized spacial score (nSPS) is 25.2. The number of halogens is 1. The predicted molar refractivity (Wildman–Crippen MR) is 105 cm³/mol. The van der Waals surface area contributed by atoms with Crippen LogP contribution in [0.25, 0.3) is 0 Å². The smallest absolute Gasteiger partial charge is 0.125 e. The average molecular weight is 352 g/mol. The summed E-state index contributed by atoms with van der Waals surface area (Å²) in [6, 6.07) is 19.7. The van der Waals surface area contributed by atoms with Crippen molar-refractivity contribution < 1.29 is 4.39 Å². The van der Waals surface area contributed by atoms with Gasteiger partial charge in [0.15, 0.2) is 0 Å². The number of likely N-dealkylation sites (tertiary alicyclic amines) is 1. The minimum Gasteiger partial charge on any atom is -0.310 e. The molecule has 0 spiro atoms. The molecule has 2 unspecified atom stereocenters. The molecule has 4 rings (SSSR count). The molecule has 1 heterocycles. The van der Waals surface area contributed by atoms with Gasteiger partial charge in [-0.05, 0) is 37.3 Å². The maximum Gasteiger partial charge on any atom is 0.125 e. The van der Waals surface area contributed by atoms with Crippen LogP contribution in [0.15, 0.2) is 54.6 Å². The second-order valence-electron chi connectivity index (χ2n) is 8.15. The van der Waals surface area contributed by atoms with Gasteiger partial charge >= 0.3 is 0 Å². The first kappa shape index (κ1) is 17.7. The second kappa shape index (κ2) is 7.50. The number of rotatable bonds is 6. The van der Waals surface area contributed by atoms with Crippen molar-refractivity contribution in [2.75, 3.05) is 19.6 Å². The molecular weight excluding hydrogens is 323 g/mol. The fourth-order valence-corrected chi connectivity index (χ4v) is 4.05. The molecule has 0 amide bonds. The number of hydrogen-bond donors (Lipinski definition) is 1. The van der Waals surface area contributed by atoms with Gasteiger partial charge < -0.3 is 5.32 Å². The molecule has 2 aromatic carbocycles. The zero-order valence-corrected chi connectivity index (χ0v) is 15.6. The SMILES string of the molecule is Cc1ccc(C2CC2NCC2(F)CCN(Cc3ccccc3)CC2)cc1. The molecule has 26 heavy (non-hydrogen) atoms. The van der Waals surface area contributed by atoms with Gasteiger partial charge in [-0.3, -0.25) is 4.90 Å². The molecule has 2 aromatic rings. The number of aryl methyl sites for hydroxylation is 1. The van der Waals surface area contributed by atoms with E-state index in [4.69, 9.17) is 0 Å². The van der Waals surface area contributed by atoms with E-state index in [1.807, 2.05) is 6.07 Å². The Morgan fingerprint density at radius 1 is 1.04 bits per heavy atom. The Morgan fingerprint density at radius 3 is 2.42 bits per heavy atom. The van der Waals surface area contributed by atoms with E-state index < -0.39 is 5.67 Å². The summed E-state index contributed by atoms with van der Waals surface area (Å²) in [5, 5.41) is 3.50. The number of alkyl halides is 1. The van der Waals surface area contributed by atoms with Gasteiger partial charge in [0.2, 0.25) is 0 Å². The summed E-state index contributed by atoms with van der Waals surface area (Å²) in [6.07, 6.45) is 2.41. The van der Waals surface area contributed by atoms with E-state index in [9.17, 15) is 0 Å². The van der Waals surface area contributed by atoms with Gasteiger partial charge in [-0.25, -0.2) is 4.39 Å². The zero-order valence-electron chi connectivity index (χ0n) is 15.6. The van der Waals surface area contributed by atoms with Crippen molar-refractivity contribution in [1.82, 2.24) is 10.2 Å². The average Bonchev–Trinajstić information content (AvgIpc) is 3.44. The van der Waals surface area contributed by atoms with Gasteiger partial charge in [0.1, 0.15) is 5.67 Å².